The Hall–Kier alpha value is -2.29. The Kier molecular flexibility index (Phi) is 4.08. The number of aromatic nitrogens is 4. The van der Waals surface area contributed by atoms with Crippen LogP contribution in [0.2, 0.25) is 5.28 Å². The van der Waals surface area contributed by atoms with E-state index in [1.165, 1.54) is 12.4 Å². The van der Waals surface area contributed by atoms with Crippen molar-refractivity contribution in [3.05, 3.63) is 29.4 Å². The highest BCUT2D eigenvalue weighted by atomic mass is 35.5. The van der Waals surface area contributed by atoms with Gasteiger partial charge in [-0.15, -0.1) is 0 Å². The van der Waals surface area contributed by atoms with E-state index in [2.05, 4.69) is 20.4 Å². The van der Waals surface area contributed by atoms with Gasteiger partial charge in [0.1, 0.15) is 17.9 Å². The van der Waals surface area contributed by atoms with Crippen molar-refractivity contribution in [3.63, 3.8) is 0 Å². The van der Waals surface area contributed by atoms with E-state index < -0.39 is 18.9 Å². The van der Waals surface area contributed by atoms with Crippen molar-refractivity contribution >= 4 is 29.1 Å². The number of carboxylic acid groups (broad SMARTS) is 1. The smallest absolute Gasteiger partial charge is 0.341 e. The molecule has 0 unspecified atom stereocenters. The number of hydrogen-bond acceptors (Lipinski definition) is 5. The number of carboxylic acids is 1. The van der Waals surface area contributed by atoms with Crippen LogP contribution in [0.1, 0.15) is 10.4 Å². The first-order valence-electron chi connectivity index (χ1n) is 5.29. The summed E-state index contributed by atoms with van der Waals surface area (Å²) in [6.07, 6.45) is 1.08. The maximum Gasteiger partial charge on any atom is 0.341 e. The zero-order chi connectivity index (χ0) is 14.7. The lowest BCUT2D eigenvalue weighted by Crippen LogP contribution is -2.07. The molecule has 0 aliphatic heterocycles. The summed E-state index contributed by atoms with van der Waals surface area (Å²) in [7, 11) is 0. The summed E-state index contributed by atoms with van der Waals surface area (Å²) in [5.41, 5.74) is 0.110. The van der Waals surface area contributed by atoms with Crippen LogP contribution in [-0.2, 0) is 6.54 Å². The fourth-order valence-corrected chi connectivity index (χ4v) is 1.55. The minimum absolute atomic E-state index is 0.0471. The molecule has 0 fully saturated rings. The average molecular weight is 304 g/mol. The molecule has 0 aliphatic carbocycles. The molecule has 0 atom stereocenters. The third-order valence-electron chi connectivity index (χ3n) is 2.21. The predicted octanol–water partition coefficient (Wildman–Crippen LogP) is 2.03. The van der Waals surface area contributed by atoms with Crippen molar-refractivity contribution in [1.29, 1.82) is 0 Å². The van der Waals surface area contributed by atoms with Crippen molar-refractivity contribution in [3.8, 4) is 0 Å². The van der Waals surface area contributed by atoms with Crippen molar-refractivity contribution in [2.24, 2.45) is 0 Å². The Morgan fingerprint density at radius 3 is 2.90 bits per heavy atom. The van der Waals surface area contributed by atoms with Crippen LogP contribution >= 0.6 is 11.6 Å². The van der Waals surface area contributed by atoms with Gasteiger partial charge in [-0.25, -0.2) is 18.6 Å². The van der Waals surface area contributed by atoms with Gasteiger partial charge in [0.2, 0.25) is 5.28 Å². The van der Waals surface area contributed by atoms with Gasteiger partial charge in [0.15, 0.2) is 0 Å². The predicted molar refractivity (Wildman–Crippen MR) is 65.5 cm³/mol. The Labute approximate surface area is 116 Å². The second-order valence-corrected chi connectivity index (χ2v) is 4.01. The molecule has 2 aromatic rings. The SMILES string of the molecule is O=C(O)c1cnc(Cl)nc1Nc1cnn(CC(F)F)c1. The first kappa shape index (κ1) is 14.1. The van der Waals surface area contributed by atoms with Gasteiger partial charge >= 0.3 is 5.97 Å². The molecule has 0 aliphatic rings. The highest BCUT2D eigenvalue weighted by Crippen LogP contribution is 2.19. The van der Waals surface area contributed by atoms with Crippen molar-refractivity contribution in [2.45, 2.75) is 13.0 Å². The van der Waals surface area contributed by atoms with Crippen molar-refractivity contribution in [1.82, 2.24) is 19.7 Å². The van der Waals surface area contributed by atoms with E-state index in [1.54, 1.807) is 0 Å². The zero-order valence-electron chi connectivity index (χ0n) is 9.79. The van der Waals surface area contributed by atoms with E-state index in [4.69, 9.17) is 16.7 Å². The van der Waals surface area contributed by atoms with Crippen molar-refractivity contribution in [2.75, 3.05) is 5.32 Å². The number of carbonyl (C=O) groups is 1. The largest absolute Gasteiger partial charge is 0.477 e. The van der Waals surface area contributed by atoms with E-state index in [1.807, 2.05) is 0 Å². The van der Waals surface area contributed by atoms with Crippen LogP contribution in [-0.4, -0.2) is 37.2 Å². The number of hydrogen-bond donors (Lipinski definition) is 2. The van der Waals surface area contributed by atoms with Gasteiger partial charge in [-0.05, 0) is 11.6 Å². The molecule has 2 N–H and O–H groups in total. The number of alkyl halides is 2. The standard InChI is InChI=1S/C10H8ClF2N5O2/c11-10-14-2-6(9(19)20)8(17-10)16-5-1-15-18(3-5)4-7(12)13/h1-3,7H,4H2,(H,19,20)(H,14,16,17). The van der Waals surface area contributed by atoms with E-state index in [9.17, 15) is 13.6 Å². The minimum atomic E-state index is -2.54. The maximum atomic E-state index is 12.2. The average Bonchev–Trinajstić information content (AvgIpc) is 2.75. The van der Waals surface area contributed by atoms with Gasteiger partial charge < -0.3 is 10.4 Å². The summed E-state index contributed by atoms with van der Waals surface area (Å²) in [4.78, 5) is 18.3. The number of nitrogens with one attached hydrogen (secondary N) is 1. The molecular weight excluding hydrogens is 296 g/mol. The van der Waals surface area contributed by atoms with Crippen LogP contribution in [0, 0.1) is 0 Å². The van der Waals surface area contributed by atoms with E-state index in [0.29, 0.717) is 5.69 Å². The normalized spacial score (nSPS) is 10.8. The molecule has 0 spiro atoms. The van der Waals surface area contributed by atoms with Crippen LogP contribution in [0.15, 0.2) is 18.6 Å². The molecule has 2 rings (SSSR count). The highest BCUT2D eigenvalue weighted by molar-refractivity contribution is 6.28. The quantitative estimate of drug-likeness (QED) is 0.821. The van der Waals surface area contributed by atoms with Gasteiger partial charge in [-0.2, -0.15) is 10.1 Å². The fourth-order valence-electron chi connectivity index (χ4n) is 1.42. The molecule has 106 valence electrons. The molecule has 0 radical (unpaired) electrons. The number of aromatic carboxylic acids is 1. The molecule has 0 aromatic carbocycles. The summed E-state index contributed by atoms with van der Waals surface area (Å²) in [6, 6.07) is 0. The summed E-state index contributed by atoms with van der Waals surface area (Å²) >= 11 is 5.59. The lowest BCUT2D eigenvalue weighted by atomic mass is 10.3. The van der Waals surface area contributed by atoms with Crippen LogP contribution in [0.4, 0.5) is 20.3 Å². The maximum absolute atomic E-state index is 12.2. The molecule has 20 heavy (non-hydrogen) atoms. The van der Waals surface area contributed by atoms with Gasteiger partial charge in [0.25, 0.3) is 6.43 Å². The zero-order valence-corrected chi connectivity index (χ0v) is 10.6. The molecule has 10 heteroatoms. The summed E-state index contributed by atoms with van der Waals surface area (Å²) in [5.74, 6) is -1.29. The van der Waals surface area contributed by atoms with Crippen molar-refractivity contribution < 1.29 is 18.7 Å². The molecule has 2 aromatic heterocycles. The Bertz CT molecular complexity index is 634. The molecule has 0 saturated heterocycles. The first-order valence-corrected chi connectivity index (χ1v) is 5.67. The molecule has 0 amide bonds. The fraction of sp³-hybridized carbons (Fsp3) is 0.200. The van der Waals surface area contributed by atoms with Gasteiger partial charge in [-0.3, -0.25) is 4.68 Å². The summed E-state index contributed by atoms with van der Waals surface area (Å²) in [5, 5.41) is 15.2. The molecule has 7 nitrogen and oxygen atoms in total. The number of nitrogens with zero attached hydrogens (tertiary/aromatic N) is 4. The number of halogens is 3. The highest BCUT2D eigenvalue weighted by Gasteiger charge is 2.14. The topological polar surface area (TPSA) is 92.9 Å². The van der Waals surface area contributed by atoms with E-state index in [0.717, 1.165) is 10.9 Å². The second-order valence-electron chi connectivity index (χ2n) is 3.67. The van der Waals surface area contributed by atoms with Gasteiger partial charge in [0, 0.05) is 12.4 Å². The molecule has 0 bridgehead atoms. The Balaban J connectivity index is 2.23. The third kappa shape index (κ3) is 3.38. The lowest BCUT2D eigenvalue weighted by molar-refractivity contribution is 0.0697. The third-order valence-corrected chi connectivity index (χ3v) is 2.39. The van der Waals surface area contributed by atoms with Crippen LogP contribution in [0.25, 0.3) is 0 Å². The van der Waals surface area contributed by atoms with Gasteiger partial charge in [0.05, 0.1) is 11.9 Å². The van der Waals surface area contributed by atoms with Gasteiger partial charge in [-0.1, -0.05) is 0 Å². The summed E-state index contributed by atoms with van der Waals surface area (Å²) < 4.78 is 25.4. The molecule has 0 saturated carbocycles. The van der Waals surface area contributed by atoms with E-state index >= 15 is 0 Å². The molecule has 2 heterocycles. The minimum Gasteiger partial charge on any atom is -0.477 e. The van der Waals surface area contributed by atoms with Crippen LogP contribution < -0.4 is 5.32 Å². The monoisotopic (exact) mass is 303 g/mol. The second kappa shape index (κ2) is 5.78. The summed E-state index contributed by atoms with van der Waals surface area (Å²) in [6.45, 7) is -0.558. The number of anilines is 2. The number of rotatable bonds is 5. The Morgan fingerprint density at radius 1 is 1.50 bits per heavy atom. The van der Waals surface area contributed by atoms with E-state index in [-0.39, 0.29) is 16.7 Å². The first-order chi connectivity index (χ1) is 9.45. The van der Waals surface area contributed by atoms with Crippen LogP contribution in [0.3, 0.4) is 0 Å². The van der Waals surface area contributed by atoms with Crippen LogP contribution in [0.5, 0.6) is 0 Å². The lowest BCUT2D eigenvalue weighted by Gasteiger charge is -2.06. The Morgan fingerprint density at radius 2 is 2.25 bits per heavy atom. The molecular formula is C10H8ClF2N5O2.